The van der Waals surface area contributed by atoms with Crippen molar-refractivity contribution in [2.45, 2.75) is 18.4 Å². The number of carbonyl (C=O) groups excluding carboxylic acids is 1. The molecule has 0 aliphatic carbocycles. The Bertz CT molecular complexity index is 729. The third kappa shape index (κ3) is 4.58. The molecule has 118 valence electrons. The molecular formula is C13H15N3O4S2. The molecule has 0 unspecified atom stereocenters. The van der Waals surface area contributed by atoms with Gasteiger partial charge in [0.25, 0.3) is 0 Å². The van der Waals surface area contributed by atoms with E-state index in [0.717, 1.165) is 11.3 Å². The third-order valence-corrected chi connectivity index (χ3v) is 5.01. The average molecular weight is 341 g/mol. The van der Waals surface area contributed by atoms with E-state index in [2.05, 4.69) is 15.5 Å². The lowest BCUT2D eigenvalue weighted by atomic mass is 10.4. The molecule has 1 amide bonds. The Morgan fingerprint density at radius 1 is 1.27 bits per heavy atom. The molecule has 0 atom stereocenters. The van der Waals surface area contributed by atoms with E-state index in [0.29, 0.717) is 18.2 Å². The molecular weight excluding hydrogens is 326 g/mol. The van der Waals surface area contributed by atoms with Crippen LogP contribution in [0.2, 0.25) is 0 Å². The number of anilines is 1. The second-order valence-electron chi connectivity index (χ2n) is 4.26. The van der Waals surface area contributed by atoms with Gasteiger partial charge in [0.1, 0.15) is 17.4 Å². The number of benzene rings is 1. The van der Waals surface area contributed by atoms with Crippen LogP contribution in [-0.2, 0) is 26.0 Å². The van der Waals surface area contributed by atoms with Gasteiger partial charge in [0.15, 0.2) is 9.84 Å². The van der Waals surface area contributed by atoms with E-state index in [9.17, 15) is 13.2 Å². The first-order valence-electron chi connectivity index (χ1n) is 6.49. The summed E-state index contributed by atoms with van der Waals surface area (Å²) in [5.41, 5.74) is 0. The zero-order valence-corrected chi connectivity index (χ0v) is 13.5. The Morgan fingerprint density at radius 2 is 2.00 bits per heavy atom. The number of hydrogen-bond donors (Lipinski definition) is 1. The van der Waals surface area contributed by atoms with Crippen LogP contribution < -0.4 is 5.32 Å². The predicted octanol–water partition coefficient (Wildman–Crippen LogP) is 1.49. The van der Waals surface area contributed by atoms with E-state index < -0.39 is 21.5 Å². The van der Waals surface area contributed by atoms with Crippen molar-refractivity contribution < 1.29 is 17.9 Å². The average Bonchev–Trinajstić information content (AvgIpc) is 2.92. The van der Waals surface area contributed by atoms with Crippen LogP contribution in [0, 0.1) is 0 Å². The predicted molar refractivity (Wildman–Crippen MR) is 82.4 cm³/mol. The Kier molecular flexibility index (Phi) is 5.58. The highest BCUT2D eigenvalue weighted by Gasteiger charge is 2.20. The fourth-order valence-electron chi connectivity index (χ4n) is 1.59. The van der Waals surface area contributed by atoms with Gasteiger partial charge in [0.2, 0.25) is 11.0 Å². The number of amides is 1. The standard InChI is InChI=1S/C13H15N3O4S2/c1-2-20-8-12-15-16-13(21-12)14-11(17)9-22(18,19)10-6-4-3-5-7-10/h3-7H,2,8-9H2,1H3,(H,14,16,17). The number of ether oxygens (including phenoxy) is 1. The minimum absolute atomic E-state index is 0.111. The van der Waals surface area contributed by atoms with Crippen LogP contribution in [0.5, 0.6) is 0 Å². The van der Waals surface area contributed by atoms with Gasteiger partial charge in [-0.25, -0.2) is 8.42 Å². The monoisotopic (exact) mass is 341 g/mol. The summed E-state index contributed by atoms with van der Waals surface area (Å²) in [6, 6.07) is 7.83. The zero-order chi connectivity index (χ0) is 16.0. The summed E-state index contributed by atoms with van der Waals surface area (Å²) in [7, 11) is -3.67. The van der Waals surface area contributed by atoms with Crippen LogP contribution in [0.4, 0.5) is 5.13 Å². The Balaban J connectivity index is 1.97. The van der Waals surface area contributed by atoms with Gasteiger partial charge in [-0.2, -0.15) is 0 Å². The van der Waals surface area contributed by atoms with Gasteiger partial charge >= 0.3 is 0 Å². The van der Waals surface area contributed by atoms with Crippen molar-refractivity contribution in [3.63, 3.8) is 0 Å². The molecule has 0 saturated heterocycles. The lowest BCUT2D eigenvalue weighted by Gasteiger charge is -2.03. The van der Waals surface area contributed by atoms with Crippen molar-refractivity contribution in [2.24, 2.45) is 0 Å². The highest BCUT2D eigenvalue weighted by molar-refractivity contribution is 7.92. The van der Waals surface area contributed by atoms with Crippen LogP contribution in [0.1, 0.15) is 11.9 Å². The van der Waals surface area contributed by atoms with Crippen molar-refractivity contribution in [3.05, 3.63) is 35.3 Å². The molecule has 1 heterocycles. The summed E-state index contributed by atoms with van der Waals surface area (Å²) >= 11 is 1.15. The highest BCUT2D eigenvalue weighted by Crippen LogP contribution is 2.17. The van der Waals surface area contributed by atoms with Crippen molar-refractivity contribution in [1.82, 2.24) is 10.2 Å². The molecule has 1 aromatic heterocycles. The lowest BCUT2D eigenvalue weighted by molar-refractivity contribution is -0.113. The smallest absolute Gasteiger partial charge is 0.241 e. The summed E-state index contributed by atoms with van der Waals surface area (Å²) in [5.74, 6) is -1.29. The number of nitrogens with zero attached hydrogens (tertiary/aromatic N) is 2. The maximum Gasteiger partial charge on any atom is 0.241 e. The van der Waals surface area contributed by atoms with E-state index >= 15 is 0 Å². The summed E-state index contributed by atoms with van der Waals surface area (Å²) in [5, 5.41) is 10.9. The number of carbonyl (C=O) groups is 1. The van der Waals surface area contributed by atoms with Crippen molar-refractivity contribution >= 4 is 32.2 Å². The topological polar surface area (TPSA) is 98.2 Å². The molecule has 0 bridgehead atoms. The van der Waals surface area contributed by atoms with Crippen molar-refractivity contribution in [1.29, 1.82) is 0 Å². The minimum atomic E-state index is -3.67. The summed E-state index contributed by atoms with van der Waals surface area (Å²) < 4.78 is 29.3. The van der Waals surface area contributed by atoms with E-state index in [1.54, 1.807) is 18.2 Å². The molecule has 2 rings (SSSR count). The minimum Gasteiger partial charge on any atom is -0.374 e. The van der Waals surface area contributed by atoms with E-state index in [1.807, 2.05) is 6.92 Å². The van der Waals surface area contributed by atoms with Gasteiger partial charge < -0.3 is 4.74 Å². The van der Waals surface area contributed by atoms with Gasteiger partial charge in [-0.1, -0.05) is 29.5 Å². The van der Waals surface area contributed by atoms with Crippen LogP contribution >= 0.6 is 11.3 Å². The van der Waals surface area contributed by atoms with Crippen LogP contribution in [0.15, 0.2) is 35.2 Å². The molecule has 2 aromatic rings. The molecule has 9 heteroatoms. The number of rotatable bonds is 7. The maximum absolute atomic E-state index is 12.1. The number of sulfone groups is 1. The van der Waals surface area contributed by atoms with E-state index in [1.165, 1.54) is 12.1 Å². The van der Waals surface area contributed by atoms with Gasteiger partial charge in [-0.3, -0.25) is 10.1 Å². The number of nitrogens with one attached hydrogen (secondary N) is 1. The van der Waals surface area contributed by atoms with Gasteiger partial charge in [0, 0.05) is 6.61 Å². The van der Waals surface area contributed by atoms with Crippen LogP contribution in [0.3, 0.4) is 0 Å². The fraction of sp³-hybridized carbons (Fsp3) is 0.308. The second kappa shape index (κ2) is 7.43. The molecule has 0 aliphatic heterocycles. The summed E-state index contributed by atoms with van der Waals surface area (Å²) in [6.45, 7) is 2.72. The molecule has 0 saturated carbocycles. The molecule has 0 aliphatic rings. The molecule has 0 fully saturated rings. The molecule has 1 aromatic carbocycles. The SMILES string of the molecule is CCOCc1nnc(NC(=O)CS(=O)(=O)c2ccccc2)s1. The first-order valence-corrected chi connectivity index (χ1v) is 8.96. The first-order chi connectivity index (χ1) is 10.5. The quantitative estimate of drug-likeness (QED) is 0.819. The molecule has 0 radical (unpaired) electrons. The van der Waals surface area contributed by atoms with Gasteiger partial charge in [-0.05, 0) is 19.1 Å². The molecule has 1 N–H and O–H groups in total. The van der Waals surface area contributed by atoms with Crippen LogP contribution in [-0.4, -0.2) is 36.9 Å². The Hall–Kier alpha value is -1.84. The van der Waals surface area contributed by atoms with Crippen molar-refractivity contribution in [3.8, 4) is 0 Å². The molecule has 7 nitrogen and oxygen atoms in total. The maximum atomic E-state index is 12.1. The molecule has 0 spiro atoms. The highest BCUT2D eigenvalue weighted by atomic mass is 32.2. The van der Waals surface area contributed by atoms with Crippen molar-refractivity contribution in [2.75, 3.05) is 17.7 Å². The van der Waals surface area contributed by atoms with Crippen LogP contribution in [0.25, 0.3) is 0 Å². The fourth-order valence-corrected chi connectivity index (χ4v) is 3.44. The first kappa shape index (κ1) is 16.5. The second-order valence-corrected chi connectivity index (χ2v) is 7.31. The Labute approximate surface area is 132 Å². The van der Waals surface area contributed by atoms with E-state index in [-0.39, 0.29) is 10.0 Å². The number of hydrogen-bond acceptors (Lipinski definition) is 7. The number of aromatic nitrogens is 2. The lowest BCUT2D eigenvalue weighted by Crippen LogP contribution is -2.22. The summed E-state index contributed by atoms with van der Waals surface area (Å²) in [4.78, 5) is 12.0. The Morgan fingerprint density at radius 3 is 2.68 bits per heavy atom. The molecule has 22 heavy (non-hydrogen) atoms. The largest absolute Gasteiger partial charge is 0.374 e. The van der Waals surface area contributed by atoms with Gasteiger partial charge in [-0.15, -0.1) is 10.2 Å². The third-order valence-electron chi connectivity index (χ3n) is 2.57. The van der Waals surface area contributed by atoms with E-state index in [4.69, 9.17) is 4.74 Å². The normalized spacial score (nSPS) is 11.3. The summed E-state index contributed by atoms with van der Waals surface area (Å²) in [6.07, 6.45) is 0. The van der Waals surface area contributed by atoms with Gasteiger partial charge in [0.05, 0.1) is 4.90 Å². The zero-order valence-electron chi connectivity index (χ0n) is 11.9.